The number of benzene rings is 2. The van der Waals surface area contributed by atoms with Crippen molar-refractivity contribution >= 4 is 17.7 Å². The molecule has 8 heteroatoms. The Labute approximate surface area is 191 Å². The number of carbonyl (C=O) groups is 2. The number of rotatable bonds is 7. The predicted octanol–water partition coefficient (Wildman–Crippen LogP) is 3.86. The largest absolute Gasteiger partial charge is 0.505 e. The van der Waals surface area contributed by atoms with E-state index in [0.29, 0.717) is 11.1 Å². The number of aryl methyl sites for hydroxylation is 3. The van der Waals surface area contributed by atoms with Crippen LogP contribution in [0.25, 0.3) is 0 Å². The second-order valence-electron chi connectivity index (χ2n) is 8.11. The van der Waals surface area contributed by atoms with Crippen LogP contribution in [0.1, 0.15) is 40.3 Å². The minimum absolute atomic E-state index is 0.265. The van der Waals surface area contributed by atoms with Gasteiger partial charge in [0, 0.05) is 11.8 Å². The zero-order valence-corrected chi connectivity index (χ0v) is 18.8. The van der Waals surface area contributed by atoms with Gasteiger partial charge in [-0.3, -0.25) is 9.59 Å². The third kappa shape index (κ3) is 6.00. The van der Waals surface area contributed by atoms with Gasteiger partial charge in [-0.2, -0.15) is 0 Å². The van der Waals surface area contributed by atoms with Gasteiger partial charge in [0.1, 0.15) is 5.75 Å². The van der Waals surface area contributed by atoms with Crippen LogP contribution in [-0.2, 0) is 11.3 Å². The molecule has 0 saturated heterocycles. The summed E-state index contributed by atoms with van der Waals surface area (Å²) in [7, 11) is 0. The van der Waals surface area contributed by atoms with E-state index < -0.39 is 23.6 Å². The van der Waals surface area contributed by atoms with Crippen LogP contribution < -0.4 is 16.2 Å². The Morgan fingerprint density at radius 2 is 1.55 bits per heavy atom. The maximum absolute atomic E-state index is 13.0. The predicted molar refractivity (Wildman–Crippen MR) is 126 cm³/mol. The smallest absolute Gasteiger partial charge is 0.319 e. The van der Waals surface area contributed by atoms with Gasteiger partial charge in [-0.1, -0.05) is 59.7 Å². The lowest BCUT2D eigenvalue weighted by Gasteiger charge is -2.19. The number of nitrogens with one attached hydrogen (secondary N) is 2. The van der Waals surface area contributed by atoms with Crippen LogP contribution >= 0.6 is 0 Å². The number of carbonyl (C=O) groups excluding carboxylic acids is 1. The van der Waals surface area contributed by atoms with E-state index in [4.69, 9.17) is 0 Å². The van der Waals surface area contributed by atoms with Gasteiger partial charge in [0.2, 0.25) is 0 Å². The van der Waals surface area contributed by atoms with Gasteiger partial charge >= 0.3 is 12.0 Å². The molecule has 1 aromatic heterocycles. The van der Waals surface area contributed by atoms with Gasteiger partial charge in [0.15, 0.2) is 5.69 Å². The monoisotopic (exact) mass is 449 g/mol. The highest BCUT2D eigenvalue weighted by Gasteiger charge is 2.21. The Morgan fingerprint density at radius 1 is 0.970 bits per heavy atom. The molecule has 0 radical (unpaired) electrons. The highest BCUT2D eigenvalue weighted by Crippen LogP contribution is 2.24. The van der Waals surface area contributed by atoms with E-state index in [2.05, 4.69) is 10.6 Å². The summed E-state index contributed by atoms with van der Waals surface area (Å²) in [6.45, 7) is 5.76. The van der Waals surface area contributed by atoms with Crippen LogP contribution in [0.5, 0.6) is 5.75 Å². The van der Waals surface area contributed by atoms with Crippen LogP contribution in [0.2, 0.25) is 0 Å². The number of aromatic nitrogens is 1. The molecule has 1 atom stereocenters. The van der Waals surface area contributed by atoms with Crippen molar-refractivity contribution in [2.45, 2.75) is 39.8 Å². The average molecular weight is 450 g/mol. The SMILES string of the molecule is Cc1ccc(Cn2cc(C)c(O)c(NC(=O)N[C@@H](CC(=O)O)c3ccc(C)cc3)c2=O)cc1. The molecule has 3 rings (SSSR count). The minimum atomic E-state index is -1.08. The van der Waals surface area contributed by atoms with E-state index in [1.54, 1.807) is 19.1 Å². The third-order valence-electron chi connectivity index (χ3n) is 5.31. The normalized spacial score (nSPS) is 11.6. The summed E-state index contributed by atoms with van der Waals surface area (Å²) in [5.74, 6) is -1.42. The Bertz CT molecular complexity index is 1210. The fraction of sp³-hybridized carbons (Fsp3) is 0.240. The lowest BCUT2D eigenvalue weighted by atomic mass is 10.0. The first-order valence-electron chi connectivity index (χ1n) is 10.5. The number of urea groups is 1. The van der Waals surface area contributed by atoms with Crippen LogP contribution in [-0.4, -0.2) is 26.8 Å². The number of amides is 2. The number of pyridine rings is 1. The highest BCUT2D eigenvalue weighted by atomic mass is 16.4. The van der Waals surface area contributed by atoms with Crippen molar-refractivity contribution in [1.29, 1.82) is 0 Å². The number of hydrogen-bond acceptors (Lipinski definition) is 4. The number of nitrogens with zero attached hydrogens (tertiary/aromatic N) is 1. The number of carboxylic acid groups (broad SMARTS) is 1. The van der Waals surface area contributed by atoms with Crippen molar-refractivity contribution in [1.82, 2.24) is 9.88 Å². The number of aliphatic carboxylic acids is 1. The first-order valence-corrected chi connectivity index (χ1v) is 10.5. The molecule has 0 bridgehead atoms. The molecule has 0 unspecified atom stereocenters. The van der Waals surface area contributed by atoms with Gasteiger partial charge in [-0.25, -0.2) is 4.79 Å². The van der Waals surface area contributed by atoms with Crippen LogP contribution in [0.15, 0.2) is 59.5 Å². The Balaban J connectivity index is 1.84. The standard InChI is InChI=1S/C25H27N3O5/c1-15-4-8-18(9-5-15)14-28-13-17(3)23(31)22(24(28)32)27-25(33)26-20(12-21(29)30)19-10-6-16(2)7-11-19/h4-11,13,20,31H,12,14H2,1-3H3,(H,29,30)(H2,26,27,33)/t20-/m0/s1. The third-order valence-corrected chi connectivity index (χ3v) is 5.31. The van der Waals surface area contributed by atoms with Gasteiger partial charge < -0.3 is 25.4 Å². The summed E-state index contributed by atoms with van der Waals surface area (Å²) in [5, 5.41) is 24.7. The van der Waals surface area contributed by atoms with Gasteiger partial charge in [0.05, 0.1) is 19.0 Å². The molecule has 0 saturated carbocycles. The van der Waals surface area contributed by atoms with Gasteiger partial charge in [-0.15, -0.1) is 0 Å². The van der Waals surface area contributed by atoms with Crippen LogP contribution in [0.3, 0.4) is 0 Å². The van der Waals surface area contributed by atoms with E-state index in [9.17, 15) is 24.6 Å². The summed E-state index contributed by atoms with van der Waals surface area (Å²) in [6.07, 6.45) is 1.19. The molecule has 3 aromatic rings. The molecular formula is C25H27N3O5. The van der Waals surface area contributed by atoms with Crippen LogP contribution in [0, 0.1) is 20.8 Å². The number of anilines is 1. The fourth-order valence-electron chi connectivity index (χ4n) is 3.45. The van der Waals surface area contributed by atoms with Crippen LogP contribution in [0.4, 0.5) is 10.5 Å². The summed E-state index contributed by atoms with van der Waals surface area (Å²) >= 11 is 0. The molecule has 2 amide bonds. The number of aromatic hydroxyl groups is 1. The molecule has 4 N–H and O–H groups in total. The van der Waals surface area contributed by atoms with Gasteiger partial charge in [0.25, 0.3) is 5.56 Å². The number of carboxylic acids is 1. The molecule has 33 heavy (non-hydrogen) atoms. The summed E-state index contributed by atoms with van der Waals surface area (Å²) in [6, 6.07) is 13.2. The molecule has 0 spiro atoms. The maximum Gasteiger partial charge on any atom is 0.319 e. The Morgan fingerprint density at radius 3 is 2.12 bits per heavy atom. The van der Waals surface area contributed by atoms with Crippen molar-refractivity contribution in [3.05, 3.63) is 92.9 Å². The molecule has 0 fully saturated rings. The number of hydrogen-bond donors (Lipinski definition) is 4. The highest BCUT2D eigenvalue weighted by molar-refractivity contribution is 5.91. The topological polar surface area (TPSA) is 121 Å². The minimum Gasteiger partial charge on any atom is -0.505 e. The molecule has 0 aliphatic heterocycles. The van der Waals surface area contributed by atoms with E-state index in [0.717, 1.165) is 16.7 Å². The second kappa shape index (κ2) is 10.0. The molecule has 2 aromatic carbocycles. The zero-order chi connectivity index (χ0) is 24.1. The summed E-state index contributed by atoms with van der Waals surface area (Å²) in [4.78, 5) is 37.0. The summed E-state index contributed by atoms with van der Waals surface area (Å²) < 4.78 is 1.41. The average Bonchev–Trinajstić information content (AvgIpc) is 2.76. The molecular weight excluding hydrogens is 422 g/mol. The Kier molecular flexibility index (Phi) is 7.17. The molecule has 172 valence electrons. The molecule has 8 nitrogen and oxygen atoms in total. The van der Waals surface area contributed by atoms with E-state index in [1.807, 2.05) is 50.2 Å². The fourth-order valence-corrected chi connectivity index (χ4v) is 3.45. The van der Waals surface area contributed by atoms with Crippen molar-refractivity contribution in [3.8, 4) is 5.75 Å². The lowest BCUT2D eigenvalue weighted by Crippen LogP contribution is -2.36. The van der Waals surface area contributed by atoms with E-state index >= 15 is 0 Å². The van der Waals surface area contributed by atoms with Gasteiger partial charge in [-0.05, 0) is 31.9 Å². The molecule has 0 aliphatic rings. The van der Waals surface area contributed by atoms with E-state index in [1.165, 1.54) is 10.8 Å². The Hall–Kier alpha value is -4.07. The first kappa shape index (κ1) is 23.6. The zero-order valence-electron chi connectivity index (χ0n) is 18.8. The second-order valence-corrected chi connectivity index (χ2v) is 8.11. The van der Waals surface area contributed by atoms with E-state index in [-0.39, 0.29) is 24.4 Å². The molecule has 1 heterocycles. The van der Waals surface area contributed by atoms with Crippen molar-refractivity contribution in [3.63, 3.8) is 0 Å². The first-order chi connectivity index (χ1) is 15.6. The van der Waals surface area contributed by atoms with Crippen molar-refractivity contribution in [2.75, 3.05) is 5.32 Å². The molecule has 0 aliphatic carbocycles. The quantitative estimate of drug-likeness (QED) is 0.436. The maximum atomic E-state index is 13.0. The van der Waals surface area contributed by atoms with Crippen molar-refractivity contribution < 1.29 is 19.8 Å². The lowest BCUT2D eigenvalue weighted by molar-refractivity contribution is -0.137. The summed E-state index contributed by atoms with van der Waals surface area (Å²) in [5.41, 5.74) is 3.18. The van der Waals surface area contributed by atoms with Crippen molar-refractivity contribution in [2.24, 2.45) is 0 Å².